The lowest BCUT2D eigenvalue weighted by Gasteiger charge is -2.19. The van der Waals surface area contributed by atoms with Crippen LogP contribution in [0.2, 0.25) is 5.02 Å². The number of carbonyl (C=O) groups is 1. The maximum Gasteiger partial charge on any atom is 0.306 e. The van der Waals surface area contributed by atoms with Crippen molar-refractivity contribution in [3.63, 3.8) is 0 Å². The number of rotatable bonds is 8. The molecule has 3 aromatic rings. The van der Waals surface area contributed by atoms with Crippen molar-refractivity contribution in [3.05, 3.63) is 74.8 Å². The summed E-state index contributed by atoms with van der Waals surface area (Å²) in [5.41, 5.74) is -0.0945. The van der Waals surface area contributed by atoms with Crippen molar-refractivity contribution in [2.45, 2.75) is 23.0 Å². The summed E-state index contributed by atoms with van der Waals surface area (Å²) in [6, 6.07) is 11.8. The van der Waals surface area contributed by atoms with Gasteiger partial charge in [0.1, 0.15) is 5.76 Å². The average Bonchev–Trinajstić information content (AvgIpc) is 3.32. The van der Waals surface area contributed by atoms with Gasteiger partial charge in [-0.3, -0.25) is 9.59 Å². The number of hydrogen-bond donors (Lipinski definition) is 1. The van der Waals surface area contributed by atoms with Crippen LogP contribution in [0.25, 0.3) is 0 Å². The molecule has 2 heterocycles. The lowest BCUT2D eigenvalue weighted by Crippen LogP contribution is -2.14. The minimum Gasteiger partial charge on any atom is -0.502 e. The molecule has 0 spiro atoms. The number of carbonyl (C=O) groups excluding carboxylic acids is 1. The third-order valence-electron chi connectivity index (χ3n) is 5.19. The Morgan fingerprint density at radius 2 is 1.94 bits per heavy atom. The number of thioether (sulfide) groups is 1. The van der Waals surface area contributed by atoms with E-state index >= 15 is 0 Å². The topological polar surface area (TPSA) is 104 Å². The molecule has 4 rings (SSSR count). The molecule has 10 heteroatoms. The fraction of sp³-hybridized carbons (Fsp3) is 0.250. The Hall–Kier alpha value is -3.30. The summed E-state index contributed by atoms with van der Waals surface area (Å²) in [6.45, 7) is 0.0224. The molecule has 0 fully saturated rings. The number of methoxy groups -OCH3 is 2. The second-order valence-electron chi connectivity index (χ2n) is 7.32. The van der Waals surface area contributed by atoms with Crippen LogP contribution in [0.4, 0.5) is 0 Å². The van der Waals surface area contributed by atoms with Gasteiger partial charge in [0.2, 0.25) is 23.7 Å². The van der Waals surface area contributed by atoms with Gasteiger partial charge in [0.15, 0.2) is 17.3 Å². The molecule has 0 saturated carbocycles. The number of fused-ring (bicyclic) bond motifs is 1. The van der Waals surface area contributed by atoms with Gasteiger partial charge in [-0.2, -0.15) is 0 Å². The minimum absolute atomic E-state index is 0.0224. The molecular weight excluding hydrogens is 484 g/mol. The van der Waals surface area contributed by atoms with E-state index < -0.39 is 23.1 Å². The molecule has 0 aliphatic carbocycles. The third-order valence-corrected chi connectivity index (χ3v) is 6.48. The van der Waals surface area contributed by atoms with Gasteiger partial charge in [-0.25, -0.2) is 0 Å². The quantitative estimate of drug-likeness (QED) is 0.344. The van der Waals surface area contributed by atoms with E-state index in [2.05, 4.69) is 0 Å². The molecule has 2 aromatic carbocycles. The first-order valence-corrected chi connectivity index (χ1v) is 11.5. The van der Waals surface area contributed by atoms with E-state index in [9.17, 15) is 14.7 Å². The summed E-state index contributed by atoms with van der Waals surface area (Å²) in [5, 5.41) is 11.2. The average molecular weight is 505 g/mol. The van der Waals surface area contributed by atoms with Gasteiger partial charge in [-0.15, -0.1) is 11.8 Å². The smallest absolute Gasteiger partial charge is 0.306 e. The molecule has 0 bridgehead atoms. The maximum absolute atomic E-state index is 12.6. The Balaban J connectivity index is 1.73. The first kappa shape index (κ1) is 23.8. The molecule has 1 N–H and O–H groups in total. The summed E-state index contributed by atoms with van der Waals surface area (Å²) in [7, 11) is 2.73. The first-order valence-electron chi connectivity index (χ1n) is 10.2. The van der Waals surface area contributed by atoms with Crippen LogP contribution < -0.4 is 19.6 Å². The molecule has 8 nitrogen and oxygen atoms in total. The Kier molecular flexibility index (Phi) is 7.23. The van der Waals surface area contributed by atoms with Crippen LogP contribution in [0, 0.1) is 0 Å². The minimum atomic E-state index is -0.843. The summed E-state index contributed by atoms with van der Waals surface area (Å²) in [5.74, 6) is -0.136. The number of aromatic hydroxyl groups is 1. The summed E-state index contributed by atoms with van der Waals surface area (Å²) in [4.78, 5) is 25.8. The molecule has 1 unspecified atom stereocenters. The second-order valence-corrected chi connectivity index (χ2v) is 8.81. The monoisotopic (exact) mass is 504 g/mol. The molecule has 0 amide bonds. The largest absolute Gasteiger partial charge is 0.502 e. The molecule has 34 heavy (non-hydrogen) atoms. The fourth-order valence-corrected chi connectivity index (χ4v) is 4.42. The highest BCUT2D eigenvalue weighted by molar-refractivity contribution is 7.98. The highest BCUT2D eigenvalue weighted by Crippen LogP contribution is 2.45. The Morgan fingerprint density at radius 3 is 2.65 bits per heavy atom. The van der Waals surface area contributed by atoms with Crippen molar-refractivity contribution < 1.29 is 33.3 Å². The lowest BCUT2D eigenvalue weighted by atomic mass is 9.91. The van der Waals surface area contributed by atoms with Crippen LogP contribution in [0.5, 0.6) is 23.0 Å². The SMILES string of the molecule is COC(=O)CC(c1cc(OC)c2c(c1)OCO2)c1oc(CSc2ccc(Cl)cc2)cc(=O)c1O. The molecule has 1 atom stereocenters. The molecule has 0 radical (unpaired) electrons. The number of esters is 1. The van der Waals surface area contributed by atoms with Crippen molar-refractivity contribution in [3.8, 4) is 23.0 Å². The molecule has 178 valence electrons. The van der Waals surface area contributed by atoms with Crippen LogP contribution >= 0.6 is 23.4 Å². The molecule has 1 aliphatic heterocycles. The Bertz CT molecular complexity index is 1260. The van der Waals surface area contributed by atoms with E-state index in [-0.39, 0.29) is 19.0 Å². The molecular formula is C24H21ClO8S. The van der Waals surface area contributed by atoms with Gasteiger partial charge >= 0.3 is 5.97 Å². The number of benzene rings is 2. The highest BCUT2D eigenvalue weighted by atomic mass is 35.5. The molecule has 1 aliphatic rings. The third kappa shape index (κ3) is 5.10. The van der Waals surface area contributed by atoms with Gasteiger partial charge < -0.3 is 28.5 Å². The predicted octanol–water partition coefficient (Wildman–Crippen LogP) is 4.72. The Labute approximate surface area is 204 Å². The zero-order valence-electron chi connectivity index (χ0n) is 18.3. The lowest BCUT2D eigenvalue weighted by molar-refractivity contribution is -0.140. The number of halogens is 1. The number of hydrogen-bond acceptors (Lipinski definition) is 9. The first-order chi connectivity index (χ1) is 16.4. The zero-order chi connectivity index (χ0) is 24.2. The van der Waals surface area contributed by atoms with Gasteiger partial charge in [0, 0.05) is 16.0 Å². The summed E-state index contributed by atoms with van der Waals surface area (Å²) < 4.78 is 27.1. The van der Waals surface area contributed by atoms with Crippen molar-refractivity contribution in [2.24, 2.45) is 0 Å². The number of ether oxygens (including phenoxy) is 4. The van der Waals surface area contributed by atoms with Crippen molar-refractivity contribution >= 4 is 29.3 Å². The van der Waals surface area contributed by atoms with Gasteiger partial charge in [0.05, 0.1) is 32.3 Å². The van der Waals surface area contributed by atoms with E-state index in [1.54, 1.807) is 24.3 Å². The van der Waals surface area contributed by atoms with Crippen LogP contribution in [0.1, 0.15) is 29.4 Å². The van der Waals surface area contributed by atoms with Gasteiger partial charge in [-0.05, 0) is 42.0 Å². The van der Waals surface area contributed by atoms with Gasteiger partial charge in [0.25, 0.3) is 0 Å². The van der Waals surface area contributed by atoms with E-state index in [1.165, 1.54) is 32.0 Å². The van der Waals surface area contributed by atoms with E-state index in [0.717, 1.165) is 4.90 Å². The van der Waals surface area contributed by atoms with Crippen LogP contribution in [-0.4, -0.2) is 32.1 Å². The normalized spacial score (nSPS) is 12.9. The van der Waals surface area contributed by atoms with Crippen LogP contribution in [0.15, 0.2) is 56.6 Å². The van der Waals surface area contributed by atoms with Gasteiger partial charge in [-0.1, -0.05) is 11.6 Å². The summed E-state index contributed by atoms with van der Waals surface area (Å²) >= 11 is 7.36. The predicted molar refractivity (Wildman–Crippen MR) is 125 cm³/mol. The molecule has 1 aromatic heterocycles. The highest BCUT2D eigenvalue weighted by Gasteiger charge is 2.30. The van der Waals surface area contributed by atoms with E-state index in [4.69, 9.17) is 35.0 Å². The van der Waals surface area contributed by atoms with E-state index in [1.807, 2.05) is 12.1 Å². The van der Waals surface area contributed by atoms with Crippen molar-refractivity contribution in [1.29, 1.82) is 0 Å². The zero-order valence-corrected chi connectivity index (χ0v) is 19.9. The second kappa shape index (κ2) is 10.3. The van der Waals surface area contributed by atoms with Crippen LogP contribution in [-0.2, 0) is 15.3 Å². The fourth-order valence-electron chi connectivity index (χ4n) is 3.51. The summed E-state index contributed by atoms with van der Waals surface area (Å²) in [6.07, 6.45) is -0.191. The molecule has 0 saturated heterocycles. The Morgan fingerprint density at radius 1 is 1.18 bits per heavy atom. The maximum atomic E-state index is 12.6. The standard InChI is InChI=1S/C24H21ClO8S/c1-29-19-7-13(8-20-24(19)32-12-31-20)17(10-21(27)30-2)23-22(28)18(26)9-15(33-23)11-34-16-5-3-14(25)4-6-16/h3-9,17,28H,10-12H2,1-2H3. The van der Waals surface area contributed by atoms with Crippen molar-refractivity contribution in [2.75, 3.05) is 21.0 Å². The van der Waals surface area contributed by atoms with Crippen molar-refractivity contribution in [1.82, 2.24) is 0 Å². The van der Waals surface area contributed by atoms with E-state index in [0.29, 0.717) is 39.3 Å². The van der Waals surface area contributed by atoms with Crippen LogP contribution in [0.3, 0.4) is 0 Å².